The molecule has 0 fully saturated rings. The Kier molecular flexibility index (Phi) is 7.42. The molecule has 0 saturated heterocycles. The zero-order valence-electron chi connectivity index (χ0n) is 16.7. The summed E-state index contributed by atoms with van der Waals surface area (Å²) in [6, 6.07) is 12.3. The third kappa shape index (κ3) is 5.16. The summed E-state index contributed by atoms with van der Waals surface area (Å²) in [4.78, 5) is 24.6. The minimum Gasteiger partial charge on any atom is -0.493 e. The van der Waals surface area contributed by atoms with E-state index >= 15 is 0 Å². The summed E-state index contributed by atoms with van der Waals surface area (Å²) in [5.41, 5.74) is 6.81. The monoisotopic (exact) mass is 397 g/mol. The van der Waals surface area contributed by atoms with Gasteiger partial charge in [-0.2, -0.15) is 0 Å². The number of esters is 1. The third-order valence-corrected chi connectivity index (χ3v) is 4.07. The highest BCUT2D eigenvalue weighted by Gasteiger charge is 2.21. The first-order valence-corrected chi connectivity index (χ1v) is 8.62. The van der Waals surface area contributed by atoms with Gasteiger partial charge in [0.1, 0.15) is 0 Å². The second-order valence-corrected chi connectivity index (χ2v) is 5.84. The number of amides is 1. The first-order valence-electron chi connectivity index (χ1n) is 8.62. The molecule has 0 saturated carbocycles. The molecule has 0 aliphatic heterocycles. The van der Waals surface area contributed by atoms with E-state index in [1.54, 1.807) is 24.3 Å². The van der Waals surface area contributed by atoms with E-state index in [-0.39, 0.29) is 11.1 Å². The second kappa shape index (κ2) is 9.98. The highest BCUT2D eigenvalue weighted by atomic mass is 16.5. The van der Waals surface area contributed by atoms with Gasteiger partial charge in [0.05, 0.1) is 39.6 Å². The summed E-state index contributed by atoms with van der Waals surface area (Å²) in [5.74, 6) is -0.274. The number of carbonyl (C=O) groups is 2. The number of carbonyl (C=O) groups excluding carboxylic acids is 2. The van der Waals surface area contributed by atoms with E-state index in [1.807, 2.05) is 18.2 Å². The average molecular weight is 397 g/mol. The van der Waals surface area contributed by atoms with E-state index in [1.165, 1.54) is 40.6 Å². The van der Waals surface area contributed by atoms with E-state index in [9.17, 15) is 9.59 Å². The van der Waals surface area contributed by atoms with Crippen LogP contribution in [0.15, 0.2) is 53.6 Å². The fourth-order valence-corrected chi connectivity index (χ4v) is 2.71. The molecule has 0 aliphatic rings. The zero-order chi connectivity index (χ0) is 21.4. The summed E-state index contributed by atoms with van der Waals surface area (Å²) >= 11 is 0. The lowest BCUT2D eigenvalue weighted by molar-refractivity contribution is -0.136. The van der Waals surface area contributed by atoms with Crippen molar-refractivity contribution in [2.24, 2.45) is 5.73 Å². The Bertz CT molecular complexity index is 922. The maximum absolute atomic E-state index is 12.5. The predicted octanol–water partition coefficient (Wildman–Crippen LogP) is 2.84. The van der Waals surface area contributed by atoms with Gasteiger partial charge in [0.2, 0.25) is 11.7 Å². The Labute approximate surface area is 169 Å². The summed E-state index contributed by atoms with van der Waals surface area (Å²) < 4.78 is 20.8. The molecule has 29 heavy (non-hydrogen) atoms. The minimum absolute atomic E-state index is 0.00174. The molecule has 0 heterocycles. The molecule has 0 atom stereocenters. The van der Waals surface area contributed by atoms with Gasteiger partial charge in [-0.25, -0.2) is 4.79 Å². The van der Waals surface area contributed by atoms with Crippen molar-refractivity contribution >= 4 is 24.0 Å². The normalized spacial score (nSPS) is 11.6. The first kappa shape index (κ1) is 21.6. The van der Waals surface area contributed by atoms with Crippen LogP contribution in [0, 0.1) is 0 Å². The largest absolute Gasteiger partial charge is 0.493 e. The summed E-state index contributed by atoms with van der Waals surface area (Å²) in [7, 11) is 5.68. The highest BCUT2D eigenvalue weighted by Crippen LogP contribution is 2.39. The fourth-order valence-electron chi connectivity index (χ4n) is 2.71. The molecule has 0 radical (unpaired) electrons. The van der Waals surface area contributed by atoms with Crippen molar-refractivity contribution < 1.29 is 28.5 Å². The lowest BCUT2D eigenvalue weighted by Gasteiger charge is -2.14. The van der Waals surface area contributed by atoms with Gasteiger partial charge in [0.15, 0.2) is 11.5 Å². The van der Waals surface area contributed by atoms with Crippen LogP contribution in [-0.2, 0) is 14.3 Å². The van der Waals surface area contributed by atoms with Crippen molar-refractivity contribution in [1.29, 1.82) is 0 Å². The van der Waals surface area contributed by atoms with E-state index < -0.39 is 11.9 Å². The molecular formula is C22H23NO6. The number of ether oxygens (including phenoxy) is 4. The first-order chi connectivity index (χ1) is 13.9. The lowest BCUT2D eigenvalue weighted by Crippen LogP contribution is -2.20. The van der Waals surface area contributed by atoms with Crippen LogP contribution in [0.25, 0.3) is 12.2 Å². The molecule has 2 aromatic carbocycles. The van der Waals surface area contributed by atoms with Gasteiger partial charge in [0.25, 0.3) is 0 Å². The molecule has 152 valence electrons. The number of methoxy groups -OCH3 is 4. The van der Waals surface area contributed by atoms with Gasteiger partial charge < -0.3 is 24.7 Å². The number of benzene rings is 2. The van der Waals surface area contributed by atoms with E-state index in [4.69, 9.17) is 24.7 Å². The Morgan fingerprint density at radius 3 is 1.79 bits per heavy atom. The maximum Gasteiger partial charge on any atom is 0.338 e. The van der Waals surface area contributed by atoms with Gasteiger partial charge in [-0.15, -0.1) is 0 Å². The molecule has 0 unspecified atom stereocenters. The van der Waals surface area contributed by atoms with Crippen LogP contribution >= 0.6 is 0 Å². The molecule has 0 aromatic heterocycles. The van der Waals surface area contributed by atoms with Crippen molar-refractivity contribution in [3.05, 3.63) is 64.7 Å². The van der Waals surface area contributed by atoms with Crippen molar-refractivity contribution in [2.45, 2.75) is 0 Å². The zero-order valence-corrected chi connectivity index (χ0v) is 16.7. The van der Waals surface area contributed by atoms with E-state index in [0.29, 0.717) is 28.4 Å². The number of primary amides is 1. The number of hydrogen-bond donors (Lipinski definition) is 1. The molecular weight excluding hydrogens is 374 g/mol. The van der Waals surface area contributed by atoms with Crippen molar-refractivity contribution in [1.82, 2.24) is 0 Å². The fraction of sp³-hybridized carbons (Fsp3) is 0.182. The van der Waals surface area contributed by atoms with Crippen molar-refractivity contribution in [3.8, 4) is 17.2 Å². The summed E-state index contributed by atoms with van der Waals surface area (Å²) in [6.07, 6.45) is 3.01. The van der Waals surface area contributed by atoms with Crippen LogP contribution in [-0.4, -0.2) is 40.3 Å². The van der Waals surface area contributed by atoms with Crippen LogP contribution in [0.3, 0.4) is 0 Å². The van der Waals surface area contributed by atoms with E-state index in [0.717, 1.165) is 0 Å². The van der Waals surface area contributed by atoms with E-state index in [2.05, 4.69) is 0 Å². The molecule has 2 rings (SSSR count). The van der Waals surface area contributed by atoms with Crippen molar-refractivity contribution in [3.63, 3.8) is 0 Å². The quantitative estimate of drug-likeness (QED) is 0.418. The number of nitrogens with two attached hydrogens (primary N) is 1. The van der Waals surface area contributed by atoms with Gasteiger partial charge in [0, 0.05) is 0 Å². The standard InChI is InChI=1S/C22H23NO6/c1-26-18-12-15(13-19(27-2)20(18)28-3)11-17(22(25)29-4)16(21(23)24)10-14-8-6-5-7-9-14/h5-13H,1-4H3,(H2,23,24)/b16-10-,17-11-. The van der Waals surface area contributed by atoms with Gasteiger partial charge >= 0.3 is 5.97 Å². The molecule has 2 N–H and O–H groups in total. The number of hydrogen-bond acceptors (Lipinski definition) is 6. The van der Waals surface area contributed by atoms with Gasteiger partial charge in [-0.1, -0.05) is 30.3 Å². The summed E-state index contributed by atoms with van der Waals surface area (Å²) in [5, 5.41) is 0. The Balaban J connectivity index is 2.68. The second-order valence-electron chi connectivity index (χ2n) is 5.84. The molecule has 7 heteroatoms. The lowest BCUT2D eigenvalue weighted by atomic mass is 9.99. The smallest absolute Gasteiger partial charge is 0.338 e. The molecule has 2 aromatic rings. The maximum atomic E-state index is 12.5. The molecule has 0 aliphatic carbocycles. The Hall–Kier alpha value is -3.74. The van der Waals surface area contributed by atoms with Crippen LogP contribution < -0.4 is 19.9 Å². The third-order valence-electron chi connectivity index (χ3n) is 4.07. The van der Waals surface area contributed by atoms with Gasteiger partial charge in [-0.3, -0.25) is 4.79 Å². The van der Waals surface area contributed by atoms with Gasteiger partial charge in [-0.05, 0) is 35.4 Å². The SMILES string of the molecule is COC(=O)C(=C\c1cc(OC)c(OC)c(OC)c1)/C(=C/c1ccccc1)C(N)=O. The highest BCUT2D eigenvalue weighted by molar-refractivity contribution is 6.14. The van der Waals surface area contributed by atoms with Crippen LogP contribution in [0.5, 0.6) is 17.2 Å². The molecule has 0 spiro atoms. The molecule has 0 bridgehead atoms. The Morgan fingerprint density at radius 2 is 1.34 bits per heavy atom. The topological polar surface area (TPSA) is 97.1 Å². The van der Waals surface area contributed by atoms with Crippen LogP contribution in [0.4, 0.5) is 0 Å². The molecule has 1 amide bonds. The van der Waals surface area contributed by atoms with Crippen LogP contribution in [0.1, 0.15) is 11.1 Å². The Morgan fingerprint density at radius 1 is 0.793 bits per heavy atom. The van der Waals surface area contributed by atoms with Crippen LogP contribution in [0.2, 0.25) is 0 Å². The minimum atomic E-state index is -0.766. The van der Waals surface area contributed by atoms with Crippen molar-refractivity contribution in [2.75, 3.05) is 28.4 Å². The predicted molar refractivity (Wildman–Crippen MR) is 110 cm³/mol. The summed E-state index contributed by atoms with van der Waals surface area (Å²) in [6.45, 7) is 0. The molecule has 7 nitrogen and oxygen atoms in total. The number of rotatable bonds is 8. The average Bonchev–Trinajstić information content (AvgIpc) is 2.75.